The normalized spacial score (nSPS) is 11.8. The van der Waals surface area contributed by atoms with Crippen molar-refractivity contribution in [3.63, 3.8) is 0 Å². The molecule has 0 radical (unpaired) electrons. The Balaban J connectivity index is 1.86. The van der Waals surface area contributed by atoms with Crippen LogP contribution in [0, 0.1) is 0 Å². The van der Waals surface area contributed by atoms with Crippen LogP contribution in [0.3, 0.4) is 0 Å². The van der Waals surface area contributed by atoms with Gasteiger partial charge in [-0.15, -0.1) is 0 Å². The number of unbranched alkanes of at least 4 members (excludes halogenated alkanes) is 1. The quantitative estimate of drug-likeness (QED) is 0.349. The van der Waals surface area contributed by atoms with Gasteiger partial charge >= 0.3 is 161 Å². The van der Waals surface area contributed by atoms with Crippen LogP contribution in [0.4, 0.5) is 0 Å². The summed E-state index contributed by atoms with van der Waals surface area (Å²) in [4.78, 5) is 49.4. The molecule has 26 heavy (non-hydrogen) atoms. The van der Waals surface area contributed by atoms with E-state index in [4.69, 9.17) is 0 Å². The fourth-order valence-corrected chi connectivity index (χ4v) is 9.95. The van der Waals surface area contributed by atoms with Crippen LogP contribution < -0.4 is 22.2 Å². The molecule has 1 aromatic carbocycles. The first-order valence-corrected chi connectivity index (χ1v) is 15.3. The van der Waals surface area contributed by atoms with Gasteiger partial charge in [-0.1, -0.05) is 0 Å². The topological polar surface area (TPSA) is 78.1 Å². The van der Waals surface area contributed by atoms with Gasteiger partial charge in [0.2, 0.25) is 0 Å². The number of hydrogen-bond donors (Lipinski definition) is 0. The zero-order valence-corrected chi connectivity index (χ0v) is 18.2. The molecule has 0 saturated heterocycles. The third-order valence-corrected chi connectivity index (χ3v) is 12.2. The molecule has 0 fully saturated rings. The molecule has 3 rings (SSSR count). The van der Waals surface area contributed by atoms with Crippen LogP contribution in [0.5, 0.6) is 0 Å². The monoisotopic (exact) mass is 488 g/mol. The fourth-order valence-electron chi connectivity index (χ4n) is 2.95. The molecule has 3 aromatic rings. The third-order valence-electron chi connectivity index (χ3n) is 4.45. The van der Waals surface area contributed by atoms with Crippen molar-refractivity contribution < 1.29 is 0 Å². The molecule has 0 spiro atoms. The molecule has 8 heteroatoms. The van der Waals surface area contributed by atoms with Crippen LogP contribution in [0.15, 0.2) is 31.3 Å². The summed E-state index contributed by atoms with van der Waals surface area (Å²) in [5.41, 5.74) is -1.56. The van der Waals surface area contributed by atoms with E-state index in [1.807, 2.05) is 0 Å². The van der Waals surface area contributed by atoms with Gasteiger partial charge in [0.1, 0.15) is 0 Å². The zero-order valence-electron chi connectivity index (χ0n) is 14.7. The van der Waals surface area contributed by atoms with Crippen LogP contribution in [0.1, 0.15) is 26.2 Å². The molecular weight excluding hydrogens is 466 g/mol. The Hall–Kier alpha value is -1.46. The molecule has 0 aliphatic heterocycles. The second kappa shape index (κ2) is 8.05. The Bertz CT molecular complexity index is 1070. The predicted molar refractivity (Wildman–Crippen MR) is 107 cm³/mol. The van der Waals surface area contributed by atoms with Crippen molar-refractivity contribution in [2.24, 2.45) is 7.05 Å². The summed E-state index contributed by atoms with van der Waals surface area (Å²) in [6, 6.07) is 2.82. The first-order valence-electron chi connectivity index (χ1n) is 8.58. The summed E-state index contributed by atoms with van der Waals surface area (Å²) < 4.78 is 2.27. The Morgan fingerprint density at radius 1 is 0.769 bits per heavy atom. The van der Waals surface area contributed by atoms with Crippen LogP contribution in [-0.4, -0.2) is 35.4 Å². The van der Waals surface area contributed by atoms with E-state index < -0.39 is 11.1 Å². The number of rotatable bonds is 8. The Kier molecular flexibility index (Phi) is 5.98. The molecule has 0 aliphatic rings. The average molecular weight is 486 g/mol. The summed E-state index contributed by atoms with van der Waals surface area (Å²) in [6.07, 6.45) is 3.34. The van der Waals surface area contributed by atoms with Gasteiger partial charge in [0, 0.05) is 0 Å². The number of benzene rings is 1. The van der Waals surface area contributed by atoms with Crippen molar-refractivity contribution in [1.29, 1.82) is 0 Å². The Labute approximate surface area is 160 Å². The van der Waals surface area contributed by atoms with Crippen molar-refractivity contribution in [3.05, 3.63) is 53.5 Å². The second-order valence-electron chi connectivity index (χ2n) is 6.23. The van der Waals surface area contributed by atoms with E-state index in [1.54, 1.807) is 0 Å². The molecular formula is C18H20N2O4Se2. The minimum absolute atomic E-state index is 0.209. The second-order valence-corrected chi connectivity index (χ2v) is 14.1. The summed E-state index contributed by atoms with van der Waals surface area (Å²) in [5, 5.41) is 3.29. The summed E-state index contributed by atoms with van der Waals surface area (Å²) in [6.45, 7) is 2.60. The molecule has 6 nitrogen and oxygen atoms in total. The van der Waals surface area contributed by atoms with Crippen molar-refractivity contribution in [1.82, 2.24) is 9.13 Å². The van der Waals surface area contributed by atoms with E-state index >= 15 is 0 Å². The van der Waals surface area contributed by atoms with Gasteiger partial charge in [-0.25, -0.2) is 0 Å². The first kappa shape index (κ1) is 19.3. The third kappa shape index (κ3) is 3.39. The average Bonchev–Trinajstić information content (AvgIpc) is 3.00. The Morgan fingerprint density at radius 2 is 1.23 bits per heavy atom. The Morgan fingerprint density at radius 3 is 1.73 bits per heavy atom. The van der Waals surface area contributed by atoms with Crippen molar-refractivity contribution >= 4 is 47.8 Å². The summed E-state index contributed by atoms with van der Waals surface area (Å²) in [5.74, 6) is 0. The van der Waals surface area contributed by atoms with Crippen molar-refractivity contribution in [3.8, 4) is 0 Å². The molecule has 2 aromatic heterocycles. The van der Waals surface area contributed by atoms with E-state index in [-0.39, 0.29) is 32.7 Å². The van der Waals surface area contributed by atoms with E-state index in [0.717, 1.165) is 16.3 Å². The number of aromatic nitrogens is 2. The van der Waals surface area contributed by atoms with Gasteiger partial charge in [-0.3, -0.25) is 0 Å². The summed E-state index contributed by atoms with van der Waals surface area (Å²) in [7, 11) is 1.40. The minimum atomic E-state index is -0.427. The van der Waals surface area contributed by atoms with Gasteiger partial charge in [0.25, 0.3) is 0 Å². The van der Waals surface area contributed by atoms with Crippen molar-refractivity contribution in [2.45, 2.75) is 43.4 Å². The molecule has 2 heterocycles. The predicted octanol–water partition coefficient (Wildman–Crippen LogP) is 0.800. The van der Waals surface area contributed by atoms with Gasteiger partial charge in [0.15, 0.2) is 0 Å². The molecule has 0 N–H and O–H groups in total. The van der Waals surface area contributed by atoms with Crippen LogP contribution in [0.25, 0.3) is 21.5 Å². The van der Waals surface area contributed by atoms with Gasteiger partial charge in [-0.2, -0.15) is 0 Å². The van der Waals surface area contributed by atoms with E-state index in [2.05, 4.69) is 6.92 Å². The zero-order chi connectivity index (χ0) is 18.8. The first-order chi connectivity index (χ1) is 12.5. The molecule has 0 saturated carbocycles. The maximum atomic E-state index is 12.6. The number of nitrogens with zero attached hydrogens (tertiary/aromatic N) is 2. The summed E-state index contributed by atoms with van der Waals surface area (Å²) >= 11 is 1.32. The molecule has 0 atom stereocenters. The van der Waals surface area contributed by atoms with E-state index in [9.17, 15) is 19.2 Å². The van der Waals surface area contributed by atoms with Crippen LogP contribution in [0.2, 0.25) is 10.6 Å². The molecule has 0 unspecified atom stereocenters. The van der Waals surface area contributed by atoms with Gasteiger partial charge < -0.3 is 0 Å². The standard InChI is InChI=1S/C18H20N2O4Se2/c1-3-4-7-25-26-8-5-6-20-17(23)13-9-11-12(10-14(13)18(20)24)16(22)19(2)15(11)21/h9-10H,3-8H2,1-2H3. The van der Waals surface area contributed by atoms with Gasteiger partial charge in [-0.05, 0) is 0 Å². The molecule has 0 amide bonds. The van der Waals surface area contributed by atoms with Crippen LogP contribution >= 0.6 is 0 Å². The number of hydrogen-bond acceptors (Lipinski definition) is 4. The SMILES string of the molecule is CCCC[Se][Se]CCCn1c(=O)c2cc3c(=O)n(C)c(=O)c3cc2c1=O. The van der Waals surface area contributed by atoms with Gasteiger partial charge in [0.05, 0.1) is 0 Å². The van der Waals surface area contributed by atoms with Crippen molar-refractivity contribution in [2.75, 3.05) is 0 Å². The molecule has 0 bridgehead atoms. The maximum absolute atomic E-state index is 12.6. The van der Waals surface area contributed by atoms with E-state index in [0.29, 0.717) is 32.8 Å². The number of fused-ring (bicyclic) bond motifs is 2. The molecule has 138 valence electrons. The fraction of sp³-hybridized carbons (Fsp3) is 0.444. The van der Waals surface area contributed by atoms with E-state index in [1.165, 1.54) is 41.9 Å². The molecule has 0 aliphatic carbocycles. The van der Waals surface area contributed by atoms with Crippen LogP contribution in [-0.2, 0) is 13.6 Å².